The summed E-state index contributed by atoms with van der Waals surface area (Å²) < 4.78 is 0. The second-order valence-electron chi connectivity index (χ2n) is 6.67. The maximum atomic E-state index is 3.51. The van der Waals surface area contributed by atoms with Gasteiger partial charge in [-0.3, -0.25) is 0 Å². The fourth-order valence-corrected chi connectivity index (χ4v) is 2.36. The minimum Gasteiger partial charge on any atom is -0.309 e. The van der Waals surface area contributed by atoms with E-state index in [0.717, 1.165) is 6.54 Å². The third-order valence-electron chi connectivity index (χ3n) is 3.65. The van der Waals surface area contributed by atoms with Crippen LogP contribution < -0.4 is 5.32 Å². The van der Waals surface area contributed by atoms with Crippen molar-refractivity contribution >= 4 is 0 Å². The average molecular weight is 217 g/mol. The number of rotatable bonds is 1. The van der Waals surface area contributed by atoms with Gasteiger partial charge in [-0.2, -0.15) is 0 Å². The molecule has 1 unspecified atom stereocenters. The van der Waals surface area contributed by atoms with Crippen molar-refractivity contribution < 1.29 is 0 Å². The molecule has 1 aromatic rings. The van der Waals surface area contributed by atoms with E-state index >= 15 is 0 Å². The predicted molar refractivity (Wildman–Crippen MR) is 69.7 cm³/mol. The van der Waals surface area contributed by atoms with Gasteiger partial charge in [0.1, 0.15) is 0 Å². The first-order valence-corrected chi connectivity index (χ1v) is 6.14. The van der Waals surface area contributed by atoms with E-state index in [4.69, 9.17) is 0 Å². The van der Waals surface area contributed by atoms with Gasteiger partial charge in [-0.25, -0.2) is 0 Å². The number of hydrogen-bond donors (Lipinski definition) is 1. The molecular weight excluding hydrogens is 194 g/mol. The highest BCUT2D eigenvalue weighted by Crippen LogP contribution is 2.40. The lowest BCUT2D eigenvalue weighted by molar-refractivity contribution is 0.128. The standard InChI is InChI=1S/C15H23N/c1-14(2,3)12-8-6-11(7-9-12)13-15(4,5)10-16-13/h6-9,13,16H,10H2,1-5H3. The zero-order valence-corrected chi connectivity index (χ0v) is 11.1. The molecule has 1 fully saturated rings. The van der Waals surface area contributed by atoms with Crippen LogP contribution in [0.5, 0.6) is 0 Å². The Balaban J connectivity index is 2.21. The molecule has 1 N–H and O–H groups in total. The van der Waals surface area contributed by atoms with E-state index in [9.17, 15) is 0 Å². The van der Waals surface area contributed by atoms with Gasteiger partial charge in [-0.15, -0.1) is 0 Å². The molecule has 0 aromatic heterocycles. The van der Waals surface area contributed by atoms with Crippen LogP contribution in [0.2, 0.25) is 0 Å². The molecule has 1 aliphatic rings. The lowest BCUT2D eigenvalue weighted by Crippen LogP contribution is -2.52. The summed E-state index contributed by atoms with van der Waals surface area (Å²) in [4.78, 5) is 0. The van der Waals surface area contributed by atoms with Crippen LogP contribution in [0.3, 0.4) is 0 Å². The average Bonchev–Trinajstić information content (AvgIpc) is 2.16. The van der Waals surface area contributed by atoms with Crippen LogP contribution >= 0.6 is 0 Å². The van der Waals surface area contributed by atoms with Crippen molar-refractivity contribution in [3.05, 3.63) is 35.4 Å². The van der Waals surface area contributed by atoms with Gasteiger partial charge in [-0.1, -0.05) is 58.9 Å². The molecule has 88 valence electrons. The van der Waals surface area contributed by atoms with Crippen molar-refractivity contribution in [2.45, 2.75) is 46.1 Å². The quantitative estimate of drug-likeness (QED) is 0.757. The van der Waals surface area contributed by atoms with Crippen molar-refractivity contribution in [3.8, 4) is 0 Å². The van der Waals surface area contributed by atoms with Crippen LogP contribution in [0.1, 0.15) is 51.8 Å². The van der Waals surface area contributed by atoms with Crippen molar-refractivity contribution in [1.29, 1.82) is 0 Å². The molecule has 0 aliphatic carbocycles. The molecule has 0 spiro atoms. The molecule has 16 heavy (non-hydrogen) atoms. The molecule has 0 saturated carbocycles. The fourth-order valence-electron chi connectivity index (χ4n) is 2.36. The van der Waals surface area contributed by atoms with E-state index in [1.54, 1.807) is 0 Å². The minimum absolute atomic E-state index is 0.251. The summed E-state index contributed by atoms with van der Waals surface area (Å²) >= 11 is 0. The Morgan fingerprint density at radius 2 is 1.69 bits per heavy atom. The van der Waals surface area contributed by atoms with Crippen LogP contribution in [-0.4, -0.2) is 6.54 Å². The van der Waals surface area contributed by atoms with Crippen molar-refractivity contribution in [2.75, 3.05) is 6.54 Å². The highest BCUT2D eigenvalue weighted by Gasteiger charge is 2.38. The topological polar surface area (TPSA) is 12.0 Å². The first-order chi connectivity index (χ1) is 7.31. The highest BCUT2D eigenvalue weighted by atomic mass is 15.0. The molecular formula is C15H23N. The highest BCUT2D eigenvalue weighted by molar-refractivity contribution is 5.31. The van der Waals surface area contributed by atoms with Gasteiger partial charge >= 0.3 is 0 Å². The molecule has 0 amide bonds. The van der Waals surface area contributed by atoms with Gasteiger partial charge in [-0.05, 0) is 22.0 Å². The molecule has 1 atom stereocenters. The second kappa shape index (κ2) is 3.59. The Kier molecular flexibility index (Phi) is 2.62. The van der Waals surface area contributed by atoms with Crippen molar-refractivity contribution in [1.82, 2.24) is 5.32 Å². The zero-order chi connectivity index (χ0) is 12.0. The van der Waals surface area contributed by atoms with E-state index < -0.39 is 0 Å². The van der Waals surface area contributed by atoms with Crippen LogP contribution in [0.15, 0.2) is 24.3 Å². The third-order valence-corrected chi connectivity index (χ3v) is 3.65. The Morgan fingerprint density at radius 3 is 2.00 bits per heavy atom. The van der Waals surface area contributed by atoms with Crippen LogP contribution in [-0.2, 0) is 5.41 Å². The molecule has 1 aromatic carbocycles. The maximum Gasteiger partial charge on any atom is 0.0384 e. The number of hydrogen-bond acceptors (Lipinski definition) is 1. The van der Waals surface area contributed by atoms with E-state index in [2.05, 4.69) is 64.2 Å². The van der Waals surface area contributed by atoms with E-state index in [0.29, 0.717) is 11.5 Å². The smallest absolute Gasteiger partial charge is 0.0384 e. The molecule has 1 saturated heterocycles. The monoisotopic (exact) mass is 217 g/mol. The van der Waals surface area contributed by atoms with E-state index in [1.165, 1.54) is 11.1 Å². The summed E-state index contributed by atoms with van der Waals surface area (Å²) in [6, 6.07) is 9.62. The molecule has 1 aliphatic heterocycles. The van der Waals surface area contributed by atoms with Gasteiger partial charge in [0.15, 0.2) is 0 Å². The lowest BCUT2D eigenvalue weighted by Gasteiger charge is -2.46. The molecule has 1 heteroatoms. The summed E-state index contributed by atoms with van der Waals surface area (Å²) in [6.45, 7) is 12.5. The molecule has 0 radical (unpaired) electrons. The Morgan fingerprint density at radius 1 is 1.12 bits per heavy atom. The summed E-state index contributed by atoms with van der Waals surface area (Å²) in [5.41, 5.74) is 3.49. The summed E-state index contributed by atoms with van der Waals surface area (Å²) in [6.07, 6.45) is 0. The van der Waals surface area contributed by atoms with Gasteiger partial charge < -0.3 is 5.32 Å². The van der Waals surface area contributed by atoms with Crippen LogP contribution in [0.4, 0.5) is 0 Å². The largest absolute Gasteiger partial charge is 0.309 e. The summed E-state index contributed by atoms with van der Waals surface area (Å²) in [5.74, 6) is 0. The Labute approximate surface area is 99.3 Å². The second-order valence-corrected chi connectivity index (χ2v) is 6.67. The van der Waals surface area contributed by atoms with Crippen molar-refractivity contribution in [3.63, 3.8) is 0 Å². The third kappa shape index (κ3) is 2.01. The van der Waals surface area contributed by atoms with E-state index in [1.807, 2.05) is 0 Å². The zero-order valence-electron chi connectivity index (χ0n) is 11.1. The normalized spacial score (nSPS) is 23.9. The Bertz CT molecular complexity index is 367. The summed E-state index contributed by atoms with van der Waals surface area (Å²) in [7, 11) is 0. The van der Waals surface area contributed by atoms with Gasteiger partial charge in [0.25, 0.3) is 0 Å². The Hall–Kier alpha value is -0.820. The van der Waals surface area contributed by atoms with Gasteiger partial charge in [0.2, 0.25) is 0 Å². The maximum absolute atomic E-state index is 3.51. The summed E-state index contributed by atoms with van der Waals surface area (Å²) in [5, 5.41) is 3.51. The SMILES string of the molecule is CC(C)(C)c1ccc(C2NCC2(C)C)cc1. The first kappa shape index (κ1) is 11.7. The predicted octanol–water partition coefficient (Wildman–Crippen LogP) is 3.65. The van der Waals surface area contributed by atoms with Crippen molar-refractivity contribution in [2.24, 2.45) is 5.41 Å². The fraction of sp³-hybridized carbons (Fsp3) is 0.600. The molecule has 1 heterocycles. The van der Waals surface area contributed by atoms with Crippen LogP contribution in [0.25, 0.3) is 0 Å². The molecule has 1 nitrogen and oxygen atoms in total. The van der Waals surface area contributed by atoms with Gasteiger partial charge in [0, 0.05) is 12.6 Å². The lowest BCUT2D eigenvalue weighted by atomic mass is 9.73. The van der Waals surface area contributed by atoms with Crippen LogP contribution in [0, 0.1) is 5.41 Å². The number of nitrogens with one attached hydrogen (secondary N) is 1. The number of benzene rings is 1. The first-order valence-electron chi connectivity index (χ1n) is 6.14. The molecule has 2 rings (SSSR count). The molecule has 0 bridgehead atoms. The van der Waals surface area contributed by atoms with E-state index in [-0.39, 0.29) is 5.41 Å². The van der Waals surface area contributed by atoms with Gasteiger partial charge in [0.05, 0.1) is 0 Å². The minimum atomic E-state index is 0.251.